The molecule has 3 aromatic rings. The van der Waals surface area contributed by atoms with E-state index in [2.05, 4.69) is 20.0 Å². The number of benzene rings is 2. The quantitative estimate of drug-likeness (QED) is 0.0430. The summed E-state index contributed by atoms with van der Waals surface area (Å²) in [5, 5.41) is 13.1. The fourth-order valence-corrected chi connectivity index (χ4v) is 6.82. The zero-order chi connectivity index (χ0) is 40.3. The lowest BCUT2D eigenvalue weighted by molar-refractivity contribution is -0.933. The number of likely N-dealkylation sites (N-methyl/N-ethyl adjacent to an activating group) is 1. The van der Waals surface area contributed by atoms with E-state index >= 15 is 0 Å². The Kier molecular flexibility index (Phi) is 20.0. The minimum Gasteiger partial charge on any atom is -1.00 e. The zero-order valence-electron chi connectivity index (χ0n) is 32.6. The number of aromatic nitrogens is 2. The van der Waals surface area contributed by atoms with Gasteiger partial charge in [0.25, 0.3) is 11.8 Å². The third kappa shape index (κ3) is 15.4. The fourth-order valence-electron chi connectivity index (χ4n) is 6.69. The highest BCUT2D eigenvalue weighted by atomic mass is 35.5. The number of aryl methyl sites for hydroxylation is 2. The first kappa shape index (κ1) is 46.9. The number of quaternary nitrogens is 1. The van der Waals surface area contributed by atoms with Gasteiger partial charge >= 0.3 is 5.97 Å². The second kappa shape index (κ2) is 24.4. The van der Waals surface area contributed by atoms with E-state index in [-0.39, 0.29) is 86.5 Å². The molecule has 2 amide bonds. The van der Waals surface area contributed by atoms with Gasteiger partial charge in [-0.25, -0.2) is 19.8 Å². The number of hydrogen-bond donors (Lipinski definition) is 4. The fraction of sp³-hybridized carbons (Fsp3) is 0.513. The topological polar surface area (TPSA) is 211 Å². The Bertz CT molecular complexity index is 1710. The van der Waals surface area contributed by atoms with Crippen molar-refractivity contribution in [3.63, 3.8) is 0 Å². The molecular formula is C39H55Cl2N7O9. The Morgan fingerprint density at radius 1 is 0.912 bits per heavy atom. The number of hydroxylamine groups is 2. The van der Waals surface area contributed by atoms with Crippen LogP contribution >= 0.6 is 11.6 Å². The van der Waals surface area contributed by atoms with Gasteiger partial charge < -0.3 is 57.7 Å². The highest BCUT2D eigenvalue weighted by molar-refractivity contribution is 6.31. The second-order valence-electron chi connectivity index (χ2n) is 13.5. The minimum atomic E-state index is -0.438. The molecule has 0 bridgehead atoms. The van der Waals surface area contributed by atoms with E-state index in [9.17, 15) is 14.4 Å². The summed E-state index contributed by atoms with van der Waals surface area (Å²) in [5.41, 5.74) is 14.0. The SMILES string of the molecule is CCN(OCCOCCO)C(=O)COc1ccc(CCC[N+]2(CCCc3ccc(OCC(=O)OC)cc3)CCCC(NC(=O)c3nc(Cl)c(N)nc3N)C2)cc1.[Cl-]. The van der Waals surface area contributed by atoms with Crippen molar-refractivity contribution in [3.05, 3.63) is 70.5 Å². The summed E-state index contributed by atoms with van der Waals surface area (Å²) in [6.45, 7) is 6.01. The molecule has 1 aliphatic rings. The Morgan fingerprint density at radius 2 is 1.53 bits per heavy atom. The van der Waals surface area contributed by atoms with Gasteiger partial charge in [-0.15, -0.1) is 0 Å². The number of likely N-dealkylation sites (tertiary alicyclic amines) is 1. The second-order valence-corrected chi connectivity index (χ2v) is 13.9. The number of esters is 1. The van der Waals surface area contributed by atoms with Crippen molar-refractivity contribution in [2.75, 3.05) is 90.9 Å². The Morgan fingerprint density at radius 3 is 2.11 bits per heavy atom. The van der Waals surface area contributed by atoms with Crippen LogP contribution in [0.5, 0.6) is 11.5 Å². The smallest absolute Gasteiger partial charge is 0.343 e. The van der Waals surface area contributed by atoms with Gasteiger partial charge in [-0.05, 0) is 68.0 Å². The summed E-state index contributed by atoms with van der Waals surface area (Å²) in [6.07, 6.45) is 5.30. The van der Waals surface area contributed by atoms with Crippen LogP contribution in [-0.2, 0) is 36.7 Å². The summed E-state index contributed by atoms with van der Waals surface area (Å²) in [6, 6.07) is 15.4. The number of halogens is 2. The lowest BCUT2D eigenvalue weighted by atomic mass is 9.99. The molecule has 18 heteroatoms. The van der Waals surface area contributed by atoms with Crippen LogP contribution in [0.15, 0.2) is 48.5 Å². The number of nitrogen functional groups attached to an aromatic ring is 2. The number of methoxy groups -OCH3 is 1. The van der Waals surface area contributed by atoms with E-state index in [1.54, 1.807) is 0 Å². The van der Waals surface area contributed by atoms with Crippen LogP contribution in [0.25, 0.3) is 0 Å². The van der Waals surface area contributed by atoms with Crippen molar-refractivity contribution in [2.45, 2.75) is 51.5 Å². The molecule has 0 saturated carbocycles. The normalized spacial score (nSPS) is 16.2. The van der Waals surface area contributed by atoms with Crippen molar-refractivity contribution < 1.29 is 60.2 Å². The van der Waals surface area contributed by atoms with Gasteiger partial charge in [0.15, 0.2) is 35.7 Å². The van der Waals surface area contributed by atoms with E-state index in [4.69, 9.17) is 47.2 Å². The number of aliphatic hydroxyl groups excluding tert-OH is 1. The molecule has 1 aromatic heterocycles. The Hall–Kier alpha value is -4.45. The molecule has 1 saturated heterocycles. The van der Waals surface area contributed by atoms with Crippen LogP contribution in [0, 0.1) is 0 Å². The molecule has 0 aliphatic carbocycles. The highest BCUT2D eigenvalue weighted by Crippen LogP contribution is 2.25. The van der Waals surface area contributed by atoms with Crippen LogP contribution in [0.4, 0.5) is 11.6 Å². The first-order chi connectivity index (χ1) is 27.0. The van der Waals surface area contributed by atoms with Crippen LogP contribution in [0.3, 0.4) is 0 Å². The number of anilines is 2. The molecular weight excluding hydrogens is 781 g/mol. The molecule has 0 radical (unpaired) electrons. The van der Waals surface area contributed by atoms with E-state index < -0.39 is 11.9 Å². The predicted octanol–water partition coefficient (Wildman–Crippen LogP) is -0.00740. The third-order valence-corrected chi connectivity index (χ3v) is 9.79. The summed E-state index contributed by atoms with van der Waals surface area (Å²) in [5.74, 6) is -0.0934. The van der Waals surface area contributed by atoms with E-state index in [0.29, 0.717) is 18.0 Å². The number of piperidine rings is 1. The van der Waals surface area contributed by atoms with Crippen LogP contribution in [0.2, 0.25) is 5.15 Å². The predicted molar refractivity (Wildman–Crippen MR) is 210 cm³/mol. The average molecular weight is 837 g/mol. The highest BCUT2D eigenvalue weighted by Gasteiger charge is 2.35. The molecule has 0 spiro atoms. The molecule has 57 heavy (non-hydrogen) atoms. The number of rotatable bonds is 23. The number of nitrogens with one attached hydrogen (secondary N) is 1. The summed E-state index contributed by atoms with van der Waals surface area (Å²) >= 11 is 6.06. The molecule has 2 aromatic carbocycles. The van der Waals surface area contributed by atoms with Gasteiger partial charge in [-0.1, -0.05) is 35.9 Å². The third-order valence-electron chi connectivity index (χ3n) is 9.51. The number of ether oxygens (including phenoxy) is 4. The Balaban J connectivity index is 0.00000870. The zero-order valence-corrected chi connectivity index (χ0v) is 34.1. The standard InChI is InChI=1S/C39H54ClN7O9.ClH/c1-3-46(56-24-23-53-22-21-48)33(49)26-54-31-14-10-28(11-15-31)7-4-18-47(19-5-8-29-12-16-32(17-13-29)55-27-34(50)52-2)20-6-9-30(25-47)43-39(51)35-37(41)45-38(42)36(40)44-35;/h10-17,30,48H,3-9,18-27H2,1-2H3,(H4-,41,42,43,45,51);1H. The molecule has 2 atom stereocenters. The van der Waals surface area contributed by atoms with Crippen molar-refractivity contribution in [1.82, 2.24) is 20.3 Å². The van der Waals surface area contributed by atoms with Gasteiger partial charge in [0.05, 0.1) is 65.8 Å². The molecule has 4 rings (SSSR count). The van der Waals surface area contributed by atoms with Crippen molar-refractivity contribution in [2.24, 2.45) is 0 Å². The van der Waals surface area contributed by atoms with E-state index in [1.807, 2.05) is 55.5 Å². The van der Waals surface area contributed by atoms with Crippen molar-refractivity contribution >= 4 is 41.0 Å². The van der Waals surface area contributed by atoms with Gasteiger partial charge in [0.2, 0.25) is 0 Å². The first-order valence-corrected chi connectivity index (χ1v) is 19.3. The van der Waals surface area contributed by atoms with Crippen LogP contribution in [-0.4, -0.2) is 128 Å². The van der Waals surface area contributed by atoms with Crippen LogP contribution in [0.1, 0.15) is 54.2 Å². The summed E-state index contributed by atoms with van der Waals surface area (Å²) < 4.78 is 21.9. The first-order valence-electron chi connectivity index (χ1n) is 18.9. The molecule has 2 unspecified atom stereocenters. The number of aliphatic hydroxyl groups is 1. The Labute approximate surface area is 345 Å². The lowest BCUT2D eigenvalue weighted by Gasteiger charge is -2.45. The van der Waals surface area contributed by atoms with Crippen molar-refractivity contribution in [3.8, 4) is 11.5 Å². The molecule has 1 aliphatic heterocycles. The number of amides is 2. The number of carbonyl (C=O) groups is 3. The monoisotopic (exact) mass is 835 g/mol. The molecule has 16 nitrogen and oxygen atoms in total. The number of nitrogens with two attached hydrogens (primary N) is 2. The van der Waals surface area contributed by atoms with Crippen molar-refractivity contribution in [1.29, 1.82) is 0 Å². The molecule has 2 heterocycles. The molecule has 314 valence electrons. The molecule has 6 N–H and O–H groups in total. The number of carbonyl (C=O) groups excluding carboxylic acids is 3. The summed E-state index contributed by atoms with van der Waals surface area (Å²) in [7, 11) is 1.32. The van der Waals surface area contributed by atoms with Gasteiger partial charge in [0.1, 0.15) is 11.5 Å². The number of hydrogen-bond acceptors (Lipinski definition) is 13. The maximum Gasteiger partial charge on any atom is 0.343 e. The minimum absolute atomic E-state index is 0. The summed E-state index contributed by atoms with van der Waals surface area (Å²) in [4.78, 5) is 50.8. The van der Waals surface area contributed by atoms with Gasteiger partial charge in [-0.2, -0.15) is 0 Å². The number of nitrogens with zero attached hydrogens (tertiary/aromatic N) is 4. The van der Waals surface area contributed by atoms with Gasteiger partial charge in [0, 0.05) is 19.4 Å². The maximum absolute atomic E-state index is 13.3. The van der Waals surface area contributed by atoms with E-state index in [1.165, 1.54) is 12.2 Å². The van der Waals surface area contributed by atoms with E-state index in [0.717, 1.165) is 80.3 Å². The lowest BCUT2D eigenvalue weighted by Crippen LogP contribution is -3.00. The largest absolute Gasteiger partial charge is 1.00 e. The van der Waals surface area contributed by atoms with Gasteiger partial charge in [-0.3, -0.25) is 14.4 Å². The van der Waals surface area contributed by atoms with Crippen LogP contribution < -0.4 is 38.7 Å². The average Bonchev–Trinajstić information content (AvgIpc) is 3.20. The maximum atomic E-state index is 13.3. The molecule has 1 fully saturated rings.